The summed E-state index contributed by atoms with van der Waals surface area (Å²) in [4.78, 5) is 20.5. The molecule has 0 fully saturated rings. The van der Waals surface area contributed by atoms with Crippen LogP contribution in [-0.4, -0.2) is 28.5 Å². The smallest absolute Gasteiger partial charge is 0.270 e. The van der Waals surface area contributed by atoms with E-state index in [9.17, 15) is 4.79 Å². The Morgan fingerprint density at radius 2 is 1.96 bits per heavy atom. The molecule has 1 unspecified atom stereocenters. The van der Waals surface area contributed by atoms with Crippen LogP contribution in [0.25, 0.3) is 0 Å². The van der Waals surface area contributed by atoms with Gasteiger partial charge in [0.2, 0.25) is 5.95 Å². The number of amides is 1. The Balaban J connectivity index is 2.06. The van der Waals surface area contributed by atoms with Gasteiger partial charge in [0, 0.05) is 17.9 Å². The average molecular weight is 314 g/mol. The molecule has 122 valence electrons. The lowest BCUT2D eigenvalue weighted by Gasteiger charge is -2.11. The fourth-order valence-electron chi connectivity index (χ4n) is 1.88. The second kappa shape index (κ2) is 8.12. The molecule has 1 amide bonds. The Kier molecular flexibility index (Phi) is 5.91. The van der Waals surface area contributed by atoms with E-state index in [4.69, 9.17) is 4.74 Å². The van der Waals surface area contributed by atoms with Crippen LogP contribution < -0.4 is 15.4 Å². The second-order valence-electron chi connectivity index (χ2n) is 5.13. The third kappa shape index (κ3) is 4.95. The van der Waals surface area contributed by atoms with Gasteiger partial charge in [-0.1, -0.05) is 6.92 Å². The van der Waals surface area contributed by atoms with Gasteiger partial charge in [-0.25, -0.2) is 9.97 Å². The number of hydrogen-bond acceptors (Lipinski definition) is 5. The van der Waals surface area contributed by atoms with Crippen LogP contribution in [0.2, 0.25) is 0 Å². The van der Waals surface area contributed by atoms with Gasteiger partial charge < -0.3 is 15.4 Å². The summed E-state index contributed by atoms with van der Waals surface area (Å²) < 4.78 is 5.40. The number of benzene rings is 1. The van der Waals surface area contributed by atoms with Crippen LogP contribution in [0.5, 0.6) is 5.75 Å². The number of anilines is 2. The molecule has 23 heavy (non-hydrogen) atoms. The zero-order valence-corrected chi connectivity index (χ0v) is 13.7. The summed E-state index contributed by atoms with van der Waals surface area (Å²) in [6, 6.07) is 9.19. The topological polar surface area (TPSA) is 76.1 Å². The zero-order valence-electron chi connectivity index (χ0n) is 13.7. The summed E-state index contributed by atoms with van der Waals surface area (Å²) in [6.07, 6.45) is 2.43. The van der Waals surface area contributed by atoms with Crippen LogP contribution in [0.15, 0.2) is 36.5 Å². The molecule has 0 aliphatic carbocycles. The van der Waals surface area contributed by atoms with Crippen molar-refractivity contribution in [1.82, 2.24) is 15.3 Å². The van der Waals surface area contributed by atoms with Crippen molar-refractivity contribution < 1.29 is 9.53 Å². The van der Waals surface area contributed by atoms with Crippen LogP contribution in [0.3, 0.4) is 0 Å². The van der Waals surface area contributed by atoms with Gasteiger partial charge in [-0.3, -0.25) is 4.79 Å². The molecule has 2 rings (SSSR count). The van der Waals surface area contributed by atoms with Crippen molar-refractivity contribution >= 4 is 17.5 Å². The summed E-state index contributed by atoms with van der Waals surface area (Å²) in [5.74, 6) is 0.989. The van der Waals surface area contributed by atoms with Crippen LogP contribution in [0, 0.1) is 0 Å². The lowest BCUT2D eigenvalue weighted by molar-refractivity contribution is 0.0934. The third-order valence-corrected chi connectivity index (χ3v) is 3.30. The highest BCUT2D eigenvalue weighted by atomic mass is 16.5. The summed E-state index contributed by atoms with van der Waals surface area (Å²) in [5.41, 5.74) is 1.17. The minimum Gasteiger partial charge on any atom is -0.494 e. The Hall–Kier alpha value is -2.63. The van der Waals surface area contributed by atoms with Crippen molar-refractivity contribution in [1.29, 1.82) is 0 Å². The monoisotopic (exact) mass is 314 g/mol. The first-order valence-electron chi connectivity index (χ1n) is 7.76. The number of carbonyl (C=O) groups excluding carboxylic acids is 1. The molecule has 1 aromatic heterocycles. The maximum absolute atomic E-state index is 12.1. The average Bonchev–Trinajstić information content (AvgIpc) is 2.57. The van der Waals surface area contributed by atoms with E-state index in [1.165, 1.54) is 0 Å². The van der Waals surface area contributed by atoms with Crippen molar-refractivity contribution in [3.05, 3.63) is 42.2 Å². The molecular weight excluding hydrogens is 292 g/mol. The first-order valence-corrected chi connectivity index (χ1v) is 7.76. The van der Waals surface area contributed by atoms with E-state index in [0.29, 0.717) is 18.2 Å². The van der Waals surface area contributed by atoms with Gasteiger partial charge in [-0.05, 0) is 50.6 Å². The van der Waals surface area contributed by atoms with Gasteiger partial charge in [0.05, 0.1) is 6.61 Å². The molecule has 6 nitrogen and oxygen atoms in total. The first-order chi connectivity index (χ1) is 11.1. The molecule has 0 saturated carbocycles. The molecule has 0 radical (unpaired) electrons. The van der Waals surface area contributed by atoms with Crippen molar-refractivity contribution in [2.75, 3.05) is 11.9 Å². The van der Waals surface area contributed by atoms with Gasteiger partial charge in [0.15, 0.2) is 0 Å². The highest BCUT2D eigenvalue weighted by molar-refractivity contribution is 5.92. The molecule has 2 N–H and O–H groups in total. The zero-order chi connectivity index (χ0) is 16.7. The van der Waals surface area contributed by atoms with Gasteiger partial charge in [0.25, 0.3) is 5.91 Å². The fraction of sp³-hybridized carbons (Fsp3) is 0.353. The lowest BCUT2D eigenvalue weighted by atomic mass is 10.2. The minimum atomic E-state index is -0.198. The van der Waals surface area contributed by atoms with E-state index in [2.05, 4.69) is 20.6 Å². The molecule has 0 bridgehead atoms. The predicted octanol–water partition coefficient (Wildman–Crippen LogP) is 3.15. The molecule has 1 heterocycles. The number of nitrogens with zero attached hydrogens (tertiary/aromatic N) is 2. The number of hydrogen-bond donors (Lipinski definition) is 2. The summed E-state index contributed by atoms with van der Waals surface area (Å²) in [6.45, 7) is 6.54. The summed E-state index contributed by atoms with van der Waals surface area (Å²) in [7, 11) is 0. The van der Waals surface area contributed by atoms with Gasteiger partial charge in [0.1, 0.15) is 11.4 Å². The molecule has 0 aliphatic heterocycles. The van der Waals surface area contributed by atoms with Gasteiger partial charge in [-0.2, -0.15) is 0 Å². The van der Waals surface area contributed by atoms with E-state index in [1.807, 2.05) is 45.0 Å². The van der Waals surface area contributed by atoms with Crippen LogP contribution in [0.1, 0.15) is 37.7 Å². The Labute approximate surface area is 136 Å². The van der Waals surface area contributed by atoms with Gasteiger partial charge in [-0.15, -0.1) is 0 Å². The SMILES string of the molecule is CCOc1ccc(Nc2nccc(C(=O)NC(C)CC)n2)cc1. The Morgan fingerprint density at radius 1 is 1.22 bits per heavy atom. The van der Waals surface area contributed by atoms with Crippen LogP contribution in [-0.2, 0) is 0 Å². The fourth-order valence-corrected chi connectivity index (χ4v) is 1.88. The van der Waals surface area contributed by atoms with Gasteiger partial charge >= 0.3 is 0 Å². The largest absolute Gasteiger partial charge is 0.494 e. The van der Waals surface area contributed by atoms with Crippen molar-refractivity contribution in [2.24, 2.45) is 0 Å². The van der Waals surface area contributed by atoms with Crippen molar-refractivity contribution in [2.45, 2.75) is 33.2 Å². The van der Waals surface area contributed by atoms with Crippen LogP contribution in [0.4, 0.5) is 11.6 Å². The molecule has 1 atom stereocenters. The predicted molar refractivity (Wildman–Crippen MR) is 90.1 cm³/mol. The molecule has 2 aromatic rings. The Bertz CT molecular complexity index is 643. The number of ether oxygens (including phenoxy) is 1. The first kappa shape index (κ1) is 16.7. The van der Waals surface area contributed by atoms with Crippen molar-refractivity contribution in [3.8, 4) is 5.75 Å². The molecule has 0 aliphatic rings. The van der Waals surface area contributed by atoms with E-state index in [1.54, 1.807) is 12.3 Å². The molecule has 0 spiro atoms. The maximum atomic E-state index is 12.1. The number of rotatable bonds is 7. The van der Waals surface area contributed by atoms with E-state index >= 15 is 0 Å². The normalized spacial score (nSPS) is 11.6. The standard InChI is InChI=1S/C17H22N4O2/c1-4-12(3)19-16(22)15-10-11-18-17(21-15)20-13-6-8-14(9-7-13)23-5-2/h6-12H,4-5H2,1-3H3,(H,19,22)(H,18,20,21). The Morgan fingerprint density at radius 3 is 2.61 bits per heavy atom. The number of carbonyl (C=O) groups is 1. The molecular formula is C17H22N4O2. The quantitative estimate of drug-likeness (QED) is 0.821. The maximum Gasteiger partial charge on any atom is 0.270 e. The highest BCUT2D eigenvalue weighted by Gasteiger charge is 2.11. The molecule has 6 heteroatoms. The minimum absolute atomic E-state index is 0.111. The van der Waals surface area contributed by atoms with Crippen LogP contribution >= 0.6 is 0 Å². The molecule has 1 aromatic carbocycles. The van der Waals surface area contributed by atoms with Crippen molar-refractivity contribution in [3.63, 3.8) is 0 Å². The van der Waals surface area contributed by atoms with E-state index in [-0.39, 0.29) is 11.9 Å². The second-order valence-corrected chi connectivity index (χ2v) is 5.13. The molecule has 0 saturated heterocycles. The lowest BCUT2D eigenvalue weighted by Crippen LogP contribution is -2.32. The summed E-state index contributed by atoms with van der Waals surface area (Å²) in [5, 5.41) is 5.96. The van der Waals surface area contributed by atoms with E-state index in [0.717, 1.165) is 17.9 Å². The number of aromatic nitrogens is 2. The van der Waals surface area contributed by atoms with E-state index < -0.39 is 0 Å². The summed E-state index contributed by atoms with van der Waals surface area (Å²) >= 11 is 0. The number of nitrogens with one attached hydrogen (secondary N) is 2. The highest BCUT2D eigenvalue weighted by Crippen LogP contribution is 2.18. The third-order valence-electron chi connectivity index (χ3n) is 3.30.